The first kappa shape index (κ1) is 15.8. The van der Waals surface area contributed by atoms with Gasteiger partial charge in [-0.2, -0.15) is 13.2 Å². The molecule has 0 spiro atoms. The lowest BCUT2D eigenvalue weighted by molar-refractivity contribution is -0.154. The number of ether oxygens (including phenoxy) is 2. The molecule has 5 nitrogen and oxygen atoms in total. The number of hydrogen-bond donors (Lipinski definition) is 0. The van der Waals surface area contributed by atoms with E-state index in [9.17, 15) is 18.0 Å². The summed E-state index contributed by atoms with van der Waals surface area (Å²) in [5.41, 5.74) is 0.196. The van der Waals surface area contributed by atoms with E-state index in [1.165, 1.54) is 6.07 Å². The van der Waals surface area contributed by atoms with Crippen LogP contribution in [0, 0.1) is 0 Å². The molecular formula is C12H12ClF3N2O3. The van der Waals surface area contributed by atoms with Crippen LogP contribution in [0.2, 0.25) is 5.02 Å². The van der Waals surface area contributed by atoms with Gasteiger partial charge in [-0.15, -0.1) is 0 Å². The summed E-state index contributed by atoms with van der Waals surface area (Å²) >= 11 is 5.79. The number of alkyl halides is 3. The van der Waals surface area contributed by atoms with Gasteiger partial charge in [0.2, 0.25) is 5.88 Å². The zero-order valence-electron chi connectivity index (χ0n) is 10.8. The molecule has 9 heteroatoms. The third-order valence-electron chi connectivity index (χ3n) is 2.73. The van der Waals surface area contributed by atoms with Crippen LogP contribution in [0.1, 0.15) is 10.4 Å². The summed E-state index contributed by atoms with van der Waals surface area (Å²) in [6, 6.07) is 1.25. The second-order valence-electron chi connectivity index (χ2n) is 4.32. The summed E-state index contributed by atoms with van der Waals surface area (Å²) in [5, 5.41) is -0.140. The number of halogens is 4. The number of pyridine rings is 1. The molecule has 0 saturated carbocycles. The van der Waals surface area contributed by atoms with Crippen LogP contribution in [0.4, 0.5) is 13.2 Å². The van der Waals surface area contributed by atoms with Crippen LogP contribution in [0.5, 0.6) is 5.88 Å². The van der Waals surface area contributed by atoms with E-state index in [2.05, 4.69) is 9.72 Å². The quantitative estimate of drug-likeness (QED) is 0.855. The first-order valence-corrected chi connectivity index (χ1v) is 6.47. The number of carbonyl (C=O) groups excluding carboxylic acids is 1. The number of aromatic nitrogens is 1. The predicted octanol–water partition coefficient (Wildman–Crippen LogP) is 2.15. The Morgan fingerprint density at radius 3 is 2.67 bits per heavy atom. The van der Waals surface area contributed by atoms with Crippen molar-refractivity contribution in [3.05, 3.63) is 22.8 Å². The molecule has 2 rings (SSSR count). The molecule has 0 aromatic carbocycles. The first-order valence-electron chi connectivity index (χ1n) is 6.09. The van der Waals surface area contributed by atoms with Gasteiger partial charge < -0.3 is 14.4 Å². The van der Waals surface area contributed by atoms with E-state index in [4.69, 9.17) is 16.3 Å². The van der Waals surface area contributed by atoms with Gasteiger partial charge in [0.1, 0.15) is 5.02 Å². The summed E-state index contributed by atoms with van der Waals surface area (Å²) in [6.45, 7) is 0.293. The maximum atomic E-state index is 12.1. The maximum absolute atomic E-state index is 12.1. The minimum atomic E-state index is -4.48. The van der Waals surface area contributed by atoms with Crippen molar-refractivity contribution in [2.24, 2.45) is 0 Å². The Hall–Kier alpha value is -1.54. The normalized spacial score (nSPS) is 15.9. The van der Waals surface area contributed by atoms with Crippen LogP contribution in [-0.4, -0.2) is 54.9 Å². The summed E-state index contributed by atoms with van der Waals surface area (Å²) < 4.78 is 45.8. The molecule has 1 fully saturated rings. The minimum absolute atomic E-state index is 0.140. The number of hydrogen-bond acceptors (Lipinski definition) is 4. The topological polar surface area (TPSA) is 51.7 Å². The van der Waals surface area contributed by atoms with Crippen molar-refractivity contribution in [3.8, 4) is 5.88 Å². The summed E-state index contributed by atoms with van der Waals surface area (Å²) in [4.78, 5) is 17.4. The molecule has 0 atom stereocenters. The molecule has 0 bridgehead atoms. The van der Waals surface area contributed by atoms with Gasteiger partial charge in [-0.1, -0.05) is 11.6 Å². The maximum Gasteiger partial charge on any atom is 0.422 e. The molecule has 1 aliphatic rings. The number of nitrogens with zero attached hydrogens (tertiary/aromatic N) is 2. The monoisotopic (exact) mass is 324 g/mol. The van der Waals surface area contributed by atoms with E-state index < -0.39 is 12.8 Å². The summed E-state index contributed by atoms with van der Waals surface area (Å²) in [6.07, 6.45) is -3.33. The van der Waals surface area contributed by atoms with E-state index in [0.29, 0.717) is 26.3 Å². The highest BCUT2D eigenvalue weighted by atomic mass is 35.5. The zero-order valence-corrected chi connectivity index (χ0v) is 11.6. The van der Waals surface area contributed by atoms with Crippen LogP contribution < -0.4 is 4.74 Å². The molecule has 0 unspecified atom stereocenters. The molecule has 1 saturated heterocycles. The van der Waals surface area contributed by atoms with E-state index in [1.54, 1.807) is 4.90 Å². The van der Waals surface area contributed by atoms with E-state index >= 15 is 0 Å². The highest BCUT2D eigenvalue weighted by molar-refractivity contribution is 6.32. The molecule has 1 aromatic heterocycles. The molecule has 0 radical (unpaired) electrons. The number of carbonyl (C=O) groups is 1. The molecular weight excluding hydrogens is 313 g/mol. The first-order chi connectivity index (χ1) is 9.87. The van der Waals surface area contributed by atoms with Gasteiger partial charge in [-0.25, -0.2) is 4.98 Å². The zero-order chi connectivity index (χ0) is 15.5. The highest BCUT2D eigenvalue weighted by Gasteiger charge is 2.29. The molecule has 2 heterocycles. The summed E-state index contributed by atoms with van der Waals surface area (Å²) in [5.74, 6) is -0.650. The summed E-state index contributed by atoms with van der Waals surface area (Å²) in [7, 11) is 0. The van der Waals surface area contributed by atoms with Gasteiger partial charge >= 0.3 is 6.18 Å². The lowest BCUT2D eigenvalue weighted by Gasteiger charge is -2.26. The minimum Gasteiger partial charge on any atom is -0.467 e. The average molecular weight is 325 g/mol. The second kappa shape index (κ2) is 6.48. The van der Waals surface area contributed by atoms with Gasteiger partial charge in [-0.3, -0.25) is 4.79 Å². The van der Waals surface area contributed by atoms with E-state index in [-0.39, 0.29) is 22.4 Å². The van der Waals surface area contributed by atoms with Gasteiger partial charge in [0.05, 0.1) is 18.8 Å². The van der Waals surface area contributed by atoms with Crippen molar-refractivity contribution in [2.75, 3.05) is 32.9 Å². The Balaban J connectivity index is 2.05. The van der Waals surface area contributed by atoms with Crippen LogP contribution in [0.15, 0.2) is 12.3 Å². The average Bonchev–Trinajstić information content (AvgIpc) is 2.45. The third kappa shape index (κ3) is 4.47. The van der Waals surface area contributed by atoms with Crippen LogP contribution in [0.3, 0.4) is 0 Å². The van der Waals surface area contributed by atoms with Crippen molar-refractivity contribution in [3.63, 3.8) is 0 Å². The molecule has 0 aliphatic carbocycles. The van der Waals surface area contributed by atoms with Crippen molar-refractivity contribution in [1.82, 2.24) is 9.88 Å². The predicted molar refractivity (Wildman–Crippen MR) is 67.5 cm³/mol. The van der Waals surface area contributed by atoms with Crippen molar-refractivity contribution >= 4 is 17.5 Å². The van der Waals surface area contributed by atoms with Gasteiger partial charge in [-0.05, 0) is 6.07 Å². The molecule has 1 aliphatic heterocycles. The standard InChI is InChI=1S/C12H12ClF3N2O3/c13-9-5-8(11(19)18-1-3-20-4-2-18)6-17-10(9)21-7-12(14,15)16/h5-6H,1-4,7H2. The Morgan fingerprint density at radius 2 is 2.10 bits per heavy atom. The smallest absolute Gasteiger partial charge is 0.422 e. The van der Waals surface area contributed by atoms with Crippen molar-refractivity contribution < 1.29 is 27.4 Å². The second-order valence-corrected chi connectivity index (χ2v) is 4.73. The third-order valence-corrected chi connectivity index (χ3v) is 3.00. The van der Waals surface area contributed by atoms with E-state index in [1.807, 2.05) is 0 Å². The number of rotatable bonds is 3. The van der Waals surface area contributed by atoms with Gasteiger partial charge in [0.15, 0.2) is 6.61 Å². The Labute approximate surface area is 123 Å². The SMILES string of the molecule is O=C(c1cnc(OCC(F)(F)F)c(Cl)c1)N1CCOCC1. The van der Waals surface area contributed by atoms with Crippen molar-refractivity contribution in [2.45, 2.75) is 6.18 Å². The molecule has 116 valence electrons. The van der Waals surface area contributed by atoms with Crippen LogP contribution in [0.25, 0.3) is 0 Å². The van der Waals surface area contributed by atoms with Crippen LogP contribution in [-0.2, 0) is 4.74 Å². The Kier molecular flexibility index (Phi) is 4.89. The number of amides is 1. The fraction of sp³-hybridized carbons (Fsp3) is 0.500. The molecule has 21 heavy (non-hydrogen) atoms. The largest absolute Gasteiger partial charge is 0.467 e. The van der Waals surface area contributed by atoms with E-state index in [0.717, 1.165) is 6.20 Å². The van der Waals surface area contributed by atoms with Gasteiger partial charge in [0.25, 0.3) is 5.91 Å². The Morgan fingerprint density at radius 1 is 1.43 bits per heavy atom. The number of morpholine rings is 1. The molecule has 0 N–H and O–H groups in total. The molecule has 1 aromatic rings. The molecule has 1 amide bonds. The highest BCUT2D eigenvalue weighted by Crippen LogP contribution is 2.25. The lowest BCUT2D eigenvalue weighted by Crippen LogP contribution is -2.40. The fourth-order valence-corrected chi connectivity index (χ4v) is 1.97. The van der Waals surface area contributed by atoms with Crippen LogP contribution >= 0.6 is 11.6 Å². The van der Waals surface area contributed by atoms with Crippen molar-refractivity contribution in [1.29, 1.82) is 0 Å². The lowest BCUT2D eigenvalue weighted by atomic mass is 10.2. The fourth-order valence-electron chi connectivity index (χ4n) is 1.75. The van der Waals surface area contributed by atoms with Gasteiger partial charge in [0, 0.05) is 19.3 Å². The Bertz CT molecular complexity index is 519.